The normalized spacial score (nSPS) is 21.5. The summed E-state index contributed by atoms with van der Waals surface area (Å²) in [5, 5.41) is 5.04. The van der Waals surface area contributed by atoms with E-state index in [9.17, 15) is 18.0 Å². The molecule has 1 fully saturated rings. The predicted molar refractivity (Wildman–Crippen MR) is 124 cm³/mol. The van der Waals surface area contributed by atoms with Crippen LogP contribution in [0.2, 0.25) is 0 Å². The van der Waals surface area contributed by atoms with Gasteiger partial charge in [-0.05, 0) is 60.6 Å². The second kappa shape index (κ2) is 9.17. The Bertz CT molecular complexity index is 1190. The third-order valence-corrected chi connectivity index (χ3v) is 8.10. The second-order valence-electron chi connectivity index (χ2n) is 8.93. The first-order valence-electron chi connectivity index (χ1n) is 11.3. The van der Waals surface area contributed by atoms with Gasteiger partial charge >= 0.3 is 0 Å². The minimum Gasteiger partial charge on any atom is -0.378 e. The van der Waals surface area contributed by atoms with Crippen LogP contribution in [0.4, 0.5) is 13.2 Å². The van der Waals surface area contributed by atoms with Crippen LogP contribution in [0.15, 0.2) is 53.9 Å². The quantitative estimate of drug-likeness (QED) is 0.504. The monoisotopic (exact) mass is 486 g/mol. The molecular weight excluding hydrogens is 461 g/mol. The molecule has 0 unspecified atom stereocenters. The number of benzene rings is 2. The largest absolute Gasteiger partial charge is 0.378 e. The first-order chi connectivity index (χ1) is 16.4. The molecule has 5 rings (SSSR count). The number of carbonyl (C=O) groups is 1. The summed E-state index contributed by atoms with van der Waals surface area (Å²) in [6.45, 7) is 1.13. The van der Waals surface area contributed by atoms with Gasteiger partial charge in [-0.2, -0.15) is 0 Å². The fourth-order valence-corrected chi connectivity index (χ4v) is 6.22. The molecule has 2 aromatic carbocycles. The number of fused-ring (bicyclic) bond motifs is 2. The molecule has 1 N–H and O–H groups in total. The van der Waals surface area contributed by atoms with E-state index in [1.807, 2.05) is 34.5 Å². The van der Waals surface area contributed by atoms with Crippen molar-refractivity contribution >= 4 is 17.2 Å². The van der Waals surface area contributed by atoms with Crippen LogP contribution in [0.5, 0.6) is 0 Å². The standard InChI is InChI=1S/C26H25F3N2O2S/c1-33-24-23(30-25(32)21-7-4-14-34-21)16-5-2-3-6-18(16)26(24)10-12-31(13-11-26)15-17-19(27)8-9-20(28)22(17)29/h2-9,14,23-24H,10-13,15H2,1H3,(H,30,32)/t23-,24+/m1/s1. The third-order valence-electron chi connectivity index (χ3n) is 7.23. The van der Waals surface area contributed by atoms with Crippen molar-refractivity contribution in [2.75, 3.05) is 20.2 Å². The zero-order valence-corrected chi connectivity index (χ0v) is 19.5. The van der Waals surface area contributed by atoms with E-state index in [1.165, 1.54) is 11.3 Å². The lowest BCUT2D eigenvalue weighted by Crippen LogP contribution is -2.50. The van der Waals surface area contributed by atoms with Crippen molar-refractivity contribution < 1.29 is 22.7 Å². The SMILES string of the molecule is CO[C@H]1[C@H](NC(=O)c2cccs2)c2ccccc2C12CCN(Cc1c(F)ccc(F)c1F)CC2. The smallest absolute Gasteiger partial charge is 0.261 e. The van der Waals surface area contributed by atoms with E-state index in [1.54, 1.807) is 13.2 Å². The Balaban J connectivity index is 1.39. The maximum absolute atomic E-state index is 14.2. The second-order valence-corrected chi connectivity index (χ2v) is 9.87. The number of nitrogens with zero attached hydrogens (tertiary/aromatic N) is 1. The highest BCUT2D eigenvalue weighted by Crippen LogP contribution is 2.52. The summed E-state index contributed by atoms with van der Waals surface area (Å²) in [6.07, 6.45) is 1.09. The summed E-state index contributed by atoms with van der Waals surface area (Å²) in [5.74, 6) is -3.05. The summed E-state index contributed by atoms with van der Waals surface area (Å²) in [5.41, 5.74) is 1.59. The van der Waals surface area contributed by atoms with E-state index in [4.69, 9.17) is 4.74 Å². The maximum atomic E-state index is 14.2. The van der Waals surface area contributed by atoms with Gasteiger partial charge in [0, 0.05) is 24.6 Å². The molecule has 2 atom stereocenters. The van der Waals surface area contributed by atoms with Gasteiger partial charge in [0.05, 0.1) is 17.0 Å². The van der Waals surface area contributed by atoms with Crippen LogP contribution in [0.1, 0.15) is 45.2 Å². The van der Waals surface area contributed by atoms with Crippen LogP contribution in [0.25, 0.3) is 0 Å². The van der Waals surface area contributed by atoms with Crippen molar-refractivity contribution in [1.82, 2.24) is 10.2 Å². The van der Waals surface area contributed by atoms with Gasteiger partial charge in [0.1, 0.15) is 5.82 Å². The molecular formula is C26H25F3N2O2S. The highest BCUT2D eigenvalue weighted by molar-refractivity contribution is 7.12. The highest BCUT2D eigenvalue weighted by Gasteiger charge is 2.54. The molecule has 3 aromatic rings. The van der Waals surface area contributed by atoms with Gasteiger partial charge in [0.2, 0.25) is 0 Å². The zero-order chi connectivity index (χ0) is 23.9. The van der Waals surface area contributed by atoms with Crippen LogP contribution in [-0.2, 0) is 16.7 Å². The van der Waals surface area contributed by atoms with Crippen molar-refractivity contribution in [1.29, 1.82) is 0 Å². The first kappa shape index (κ1) is 23.1. The Morgan fingerprint density at radius 2 is 1.82 bits per heavy atom. The third kappa shape index (κ3) is 3.83. The van der Waals surface area contributed by atoms with Crippen molar-refractivity contribution in [2.45, 2.75) is 36.9 Å². The van der Waals surface area contributed by atoms with E-state index >= 15 is 0 Å². The fourth-order valence-electron chi connectivity index (χ4n) is 5.59. The number of ether oxygens (including phenoxy) is 1. The van der Waals surface area contributed by atoms with Crippen LogP contribution in [0, 0.1) is 17.5 Å². The number of nitrogens with one attached hydrogen (secondary N) is 1. The van der Waals surface area contributed by atoms with Gasteiger partial charge in [-0.3, -0.25) is 9.69 Å². The molecule has 2 aliphatic rings. The number of carbonyl (C=O) groups excluding carboxylic acids is 1. The highest BCUT2D eigenvalue weighted by atomic mass is 32.1. The summed E-state index contributed by atoms with van der Waals surface area (Å²) >= 11 is 1.39. The van der Waals surface area contributed by atoms with Crippen molar-refractivity contribution in [3.8, 4) is 0 Å². The lowest BCUT2D eigenvalue weighted by atomic mass is 9.71. The van der Waals surface area contributed by atoms with Gasteiger partial charge < -0.3 is 10.1 Å². The number of amides is 1. The molecule has 1 amide bonds. The number of piperidine rings is 1. The Hall–Kier alpha value is -2.68. The van der Waals surface area contributed by atoms with Gasteiger partial charge in [0.15, 0.2) is 11.6 Å². The molecule has 4 nitrogen and oxygen atoms in total. The molecule has 178 valence electrons. The molecule has 1 aliphatic heterocycles. The molecule has 0 bridgehead atoms. The van der Waals surface area contributed by atoms with Crippen LogP contribution in [-0.4, -0.2) is 37.1 Å². The van der Waals surface area contributed by atoms with Crippen molar-refractivity contribution in [3.05, 3.63) is 92.9 Å². The molecule has 1 saturated heterocycles. The zero-order valence-electron chi connectivity index (χ0n) is 18.7. The molecule has 1 spiro atoms. The van der Waals surface area contributed by atoms with Crippen molar-refractivity contribution in [3.63, 3.8) is 0 Å². The molecule has 34 heavy (non-hydrogen) atoms. The van der Waals surface area contributed by atoms with E-state index < -0.39 is 17.5 Å². The summed E-state index contributed by atoms with van der Waals surface area (Å²) in [6, 6.07) is 13.2. The van der Waals surface area contributed by atoms with E-state index in [-0.39, 0.29) is 35.6 Å². The number of methoxy groups -OCH3 is 1. The van der Waals surface area contributed by atoms with Crippen molar-refractivity contribution in [2.24, 2.45) is 0 Å². The minimum atomic E-state index is -1.13. The van der Waals surface area contributed by atoms with Crippen LogP contribution >= 0.6 is 11.3 Å². The van der Waals surface area contributed by atoms with E-state index in [0.29, 0.717) is 30.8 Å². The molecule has 0 radical (unpaired) electrons. The molecule has 0 saturated carbocycles. The average molecular weight is 487 g/mol. The summed E-state index contributed by atoms with van der Waals surface area (Å²) in [7, 11) is 1.66. The fraction of sp³-hybridized carbons (Fsp3) is 0.346. The number of halogens is 3. The molecule has 1 aromatic heterocycles. The van der Waals surface area contributed by atoms with Gasteiger partial charge in [-0.1, -0.05) is 30.3 Å². The van der Waals surface area contributed by atoms with Gasteiger partial charge in [0.25, 0.3) is 5.91 Å². The number of likely N-dealkylation sites (tertiary alicyclic amines) is 1. The molecule has 8 heteroatoms. The van der Waals surface area contributed by atoms with E-state index in [2.05, 4.69) is 11.4 Å². The number of hydrogen-bond acceptors (Lipinski definition) is 4. The van der Waals surface area contributed by atoms with Gasteiger partial charge in [-0.15, -0.1) is 11.3 Å². The lowest BCUT2D eigenvalue weighted by molar-refractivity contribution is -0.0124. The summed E-state index contributed by atoms with van der Waals surface area (Å²) in [4.78, 5) is 15.5. The Kier molecular flexibility index (Phi) is 6.22. The van der Waals surface area contributed by atoms with Gasteiger partial charge in [-0.25, -0.2) is 13.2 Å². The molecule has 1 aliphatic carbocycles. The average Bonchev–Trinajstić information content (AvgIpc) is 3.47. The molecule has 2 heterocycles. The Morgan fingerprint density at radius 3 is 2.53 bits per heavy atom. The Labute approximate surface area is 200 Å². The van der Waals surface area contributed by atoms with E-state index in [0.717, 1.165) is 23.3 Å². The van der Waals surface area contributed by atoms with Crippen LogP contribution in [0.3, 0.4) is 0 Å². The lowest BCUT2D eigenvalue weighted by Gasteiger charge is -2.44. The van der Waals surface area contributed by atoms with Crippen LogP contribution < -0.4 is 5.32 Å². The number of hydrogen-bond donors (Lipinski definition) is 1. The first-order valence-corrected chi connectivity index (χ1v) is 12.1. The topological polar surface area (TPSA) is 41.6 Å². The Morgan fingerprint density at radius 1 is 1.09 bits per heavy atom. The predicted octanol–water partition coefficient (Wildman–Crippen LogP) is 5.20. The maximum Gasteiger partial charge on any atom is 0.261 e. The number of thiophene rings is 1. The minimum absolute atomic E-state index is 0.00332. The number of rotatable bonds is 5. The summed E-state index contributed by atoms with van der Waals surface area (Å²) < 4.78 is 48.1.